The van der Waals surface area contributed by atoms with Crippen molar-refractivity contribution in [3.8, 4) is 0 Å². The third-order valence-corrected chi connectivity index (χ3v) is 6.12. The predicted octanol–water partition coefficient (Wildman–Crippen LogP) is 1.96. The maximum Gasteiger partial charge on any atom is 0.434 e. The third kappa shape index (κ3) is 2.63. The average Bonchev–Trinajstić information content (AvgIpc) is 3.26. The largest absolute Gasteiger partial charge is 0.434 e. The molecule has 1 saturated heterocycles. The molecule has 2 aromatic rings. The lowest BCUT2D eigenvalue weighted by Gasteiger charge is -2.69. The number of alkyl halides is 3. The van der Waals surface area contributed by atoms with Crippen LogP contribution in [-0.4, -0.2) is 54.6 Å². The van der Waals surface area contributed by atoms with E-state index < -0.39 is 11.9 Å². The Morgan fingerprint density at radius 1 is 1.21 bits per heavy atom. The first-order valence-corrected chi connectivity index (χ1v) is 9.11. The Hall–Kier alpha value is -2.72. The predicted molar refractivity (Wildman–Crippen MR) is 90.0 cm³/mol. The molecule has 2 bridgehead atoms. The molecular formula is C17H18F3N7O. The van der Waals surface area contributed by atoms with Crippen LogP contribution in [0.25, 0.3) is 0 Å². The number of carbonyl (C=O) groups is 1. The van der Waals surface area contributed by atoms with E-state index in [1.807, 2.05) is 4.90 Å². The van der Waals surface area contributed by atoms with Crippen LogP contribution >= 0.6 is 0 Å². The molecular weight excluding hydrogens is 375 g/mol. The van der Waals surface area contributed by atoms with Gasteiger partial charge in [-0.3, -0.25) is 9.89 Å². The van der Waals surface area contributed by atoms with Crippen molar-refractivity contribution in [3.63, 3.8) is 0 Å². The van der Waals surface area contributed by atoms with E-state index in [0.29, 0.717) is 38.2 Å². The van der Waals surface area contributed by atoms with Crippen LogP contribution in [0.15, 0.2) is 18.7 Å². The molecule has 11 heteroatoms. The second-order valence-electron chi connectivity index (χ2n) is 8.11. The molecule has 3 saturated carbocycles. The molecule has 1 amide bonds. The van der Waals surface area contributed by atoms with E-state index in [9.17, 15) is 18.0 Å². The molecule has 3 aliphatic carbocycles. The SMILES string of the molecule is O=C(N1CC[C@H](c2ncn[nH]2)C1)C12CC(Nc3cnc(C(F)(F)F)cn3)(C1)C2. The molecule has 28 heavy (non-hydrogen) atoms. The molecule has 2 aromatic heterocycles. The van der Waals surface area contributed by atoms with Crippen molar-refractivity contribution in [2.75, 3.05) is 18.4 Å². The quantitative estimate of drug-likeness (QED) is 0.824. The Morgan fingerprint density at radius 2 is 2.00 bits per heavy atom. The smallest absolute Gasteiger partial charge is 0.363 e. The highest BCUT2D eigenvalue weighted by Gasteiger charge is 2.72. The second-order valence-corrected chi connectivity index (χ2v) is 8.11. The summed E-state index contributed by atoms with van der Waals surface area (Å²) >= 11 is 0. The Morgan fingerprint density at radius 3 is 2.61 bits per heavy atom. The number of aromatic nitrogens is 5. The highest BCUT2D eigenvalue weighted by Crippen LogP contribution is 2.69. The number of likely N-dealkylation sites (tertiary alicyclic amines) is 1. The Bertz CT molecular complexity index is 877. The second kappa shape index (κ2) is 5.65. The van der Waals surface area contributed by atoms with Crippen LogP contribution in [0.3, 0.4) is 0 Å². The molecule has 2 N–H and O–H groups in total. The minimum atomic E-state index is -4.50. The molecule has 1 atom stereocenters. The first kappa shape index (κ1) is 17.4. The number of nitrogens with one attached hydrogen (secondary N) is 2. The van der Waals surface area contributed by atoms with Crippen molar-refractivity contribution in [2.45, 2.75) is 43.3 Å². The van der Waals surface area contributed by atoms with Crippen LogP contribution in [-0.2, 0) is 11.0 Å². The lowest BCUT2D eigenvalue weighted by molar-refractivity contribution is -0.178. The van der Waals surface area contributed by atoms with Crippen LogP contribution in [0.5, 0.6) is 0 Å². The van der Waals surface area contributed by atoms with Gasteiger partial charge in [-0.2, -0.15) is 18.3 Å². The zero-order valence-electron chi connectivity index (χ0n) is 14.8. The van der Waals surface area contributed by atoms with Crippen molar-refractivity contribution < 1.29 is 18.0 Å². The van der Waals surface area contributed by atoms with Gasteiger partial charge in [0.05, 0.1) is 17.8 Å². The standard InChI is InChI=1S/C17H18F3N7O/c18-17(19,20)11-3-22-12(4-21-11)25-16-6-15(7-16,8-16)14(28)27-2-1-10(5-27)13-23-9-24-26-13/h3-4,9-10H,1-2,5-8H2,(H,22,25)(H,23,24,26)/t10-,15?,16?/m0/s1. The molecule has 0 radical (unpaired) electrons. The molecule has 1 aliphatic heterocycles. The fraction of sp³-hybridized carbons (Fsp3) is 0.588. The van der Waals surface area contributed by atoms with Crippen molar-refractivity contribution >= 4 is 11.7 Å². The summed E-state index contributed by atoms with van der Waals surface area (Å²) < 4.78 is 37.7. The molecule has 0 aromatic carbocycles. The zero-order valence-corrected chi connectivity index (χ0v) is 14.8. The summed E-state index contributed by atoms with van der Waals surface area (Å²) in [5, 5.41) is 9.90. The number of rotatable bonds is 4. The number of hydrogen-bond donors (Lipinski definition) is 2. The minimum absolute atomic E-state index is 0.164. The van der Waals surface area contributed by atoms with E-state index in [1.165, 1.54) is 6.33 Å². The third-order valence-electron chi connectivity index (χ3n) is 6.12. The highest BCUT2D eigenvalue weighted by molar-refractivity contribution is 5.88. The van der Waals surface area contributed by atoms with Crippen molar-refractivity contribution in [1.29, 1.82) is 0 Å². The lowest BCUT2D eigenvalue weighted by atomic mass is 9.39. The summed E-state index contributed by atoms with van der Waals surface area (Å²) in [4.78, 5) is 26.3. The minimum Gasteiger partial charge on any atom is -0.363 e. The summed E-state index contributed by atoms with van der Waals surface area (Å²) in [6, 6.07) is 0. The van der Waals surface area contributed by atoms with Gasteiger partial charge in [-0.1, -0.05) is 0 Å². The summed E-state index contributed by atoms with van der Waals surface area (Å²) in [6.45, 7) is 1.34. The van der Waals surface area contributed by atoms with Crippen molar-refractivity contribution in [2.24, 2.45) is 5.41 Å². The molecule has 148 valence electrons. The first-order chi connectivity index (χ1) is 13.3. The van der Waals surface area contributed by atoms with Gasteiger partial charge in [-0.25, -0.2) is 15.0 Å². The number of halogens is 3. The van der Waals surface area contributed by atoms with Gasteiger partial charge >= 0.3 is 6.18 Å². The number of anilines is 1. The molecule has 3 heterocycles. The van der Waals surface area contributed by atoms with Crippen molar-refractivity contribution in [3.05, 3.63) is 30.2 Å². The lowest BCUT2D eigenvalue weighted by Crippen LogP contribution is -2.75. The van der Waals surface area contributed by atoms with Crippen LogP contribution < -0.4 is 5.32 Å². The number of hydrogen-bond acceptors (Lipinski definition) is 6. The molecule has 6 rings (SSSR count). The zero-order chi connectivity index (χ0) is 19.6. The van der Waals surface area contributed by atoms with Gasteiger partial charge in [-0.05, 0) is 25.7 Å². The molecule has 0 spiro atoms. The summed E-state index contributed by atoms with van der Waals surface area (Å²) in [5.74, 6) is 1.47. The molecule has 4 aliphatic rings. The fourth-order valence-electron chi connectivity index (χ4n) is 4.87. The Balaban J connectivity index is 1.18. The maximum absolute atomic E-state index is 13.0. The van der Waals surface area contributed by atoms with E-state index in [4.69, 9.17) is 0 Å². The Labute approximate surface area is 158 Å². The van der Waals surface area contributed by atoms with Gasteiger partial charge in [0.25, 0.3) is 0 Å². The van der Waals surface area contributed by atoms with E-state index in [-0.39, 0.29) is 22.8 Å². The summed E-state index contributed by atoms with van der Waals surface area (Å²) in [6.07, 6.45) is 1.67. The van der Waals surface area contributed by atoms with Gasteiger partial charge in [0.2, 0.25) is 5.91 Å². The number of amides is 1. The van der Waals surface area contributed by atoms with Gasteiger partial charge in [0.1, 0.15) is 18.0 Å². The van der Waals surface area contributed by atoms with Crippen LogP contribution in [0, 0.1) is 5.41 Å². The van der Waals surface area contributed by atoms with Gasteiger partial charge in [0, 0.05) is 24.5 Å². The Kier molecular flexibility index (Phi) is 3.50. The van der Waals surface area contributed by atoms with Gasteiger partial charge in [0.15, 0.2) is 5.69 Å². The van der Waals surface area contributed by atoms with Crippen molar-refractivity contribution in [1.82, 2.24) is 30.0 Å². The van der Waals surface area contributed by atoms with E-state index in [0.717, 1.165) is 24.6 Å². The van der Waals surface area contributed by atoms with E-state index >= 15 is 0 Å². The summed E-state index contributed by atoms with van der Waals surface area (Å²) in [5.41, 5.74) is -1.62. The monoisotopic (exact) mass is 393 g/mol. The van der Waals surface area contributed by atoms with Gasteiger partial charge in [-0.15, -0.1) is 0 Å². The van der Waals surface area contributed by atoms with Crippen LogP contribution in [0.4, 0.5) is 19.0 Å². The maximum atomic E-state index is 13.0. The van der Waals surface area contributed by atoms with E-state index in [1.54, 1.807) is 0 Å². The first-order valence-electron chi connectivity index (χ1n) is 9.11. The van der Waals surface area contributed by atoms with Crippen LogP contribution in [0.2, 0.25) is 0 Å². The van der Waals surface area contributed by atoms with Gasteiger partial charge < -0.3 is 10.2 Å². The number of aromatic amines is 1. The number of carbonyl (C=O) groups excluding carboxylic acids is 1. The normalized spacial score (nSPS) is 31.2. The number of H-pyrrole nitrogens is 1. The molecule has 4 fully saturated rings. The molecule has 0 unspecified atom stereocenters. The average molecular weight is 393 g/mol. The van der Waals surface area contributed by atoms with Crippen LogP contribution in [0.1, 0.15) is 43.1 Å². The summed E-state index contributed by atoms with van der Waals surface area (Å²) in [7, 11) is 0. The molecule has 8 nitrogen and oxygen atoms in total. The fourth-order valence-corrected chi connectivity index (χ4v) is 4.87. The highest BCUT2D eigenvalue weighted by atomic mass is 19.4. The topological polar surface area (TPSA) is 99.7 Å². The number of nitrogens with zero attached hydrogens (tertiary/aromatic N) is 5. The van der Waals surface area contributed by atoms with E-state index in [2.05, 4.69) is 30.5 Å².